The largest absolute Gasteiger partial charge is 0.506 e. The van der Waals surface area contributed by atoms with Crippen LogP contribution in [-0.2, 0) is 9.53 Å². The predicted octanol–water partition coefficient (Wildman–Crippen LogP) is 1.56. The zero-order valence-corrected chi connectivity index (χ0v) is 9.08. The molecule has 0 saturated carbocycles. The van der Waals surface area contributed by atoms with Gasteiger partial charge < -0.3 is 14.9 Å². The summed E-state index contributed by atoms with van der Waals surface area (Å²) < 4.78 is 4.36. The molecule has 4 nitrogen and oxygen atoms in total. The second kappa shape index (κ2) is 4.51. The number of ether oxygens (including phenoxy) is 1. The first-order chi connectivity index (χ1) is 6.99. The fourth-order valence-corrected chi connectivity index (χ4v) is 1.44. The maximum absolute atomic E-state index is 11.0. The normalized spacial score (nSPS) is 12.3. The van der Waals surface area contributed by atoms with Gasteiger partial charge in [0.2, 0.25) is 0 Å². The van der Waals surface area contributed by atoms with Crippen LogP contribution in [0.1, 0.15) is 17.2 Å². The fraction of sp³-hybridized carbons (Fsp3) is 0.300. The minimum absolute atomic E-state index is 0.0344. The van der Waals surface area contributed by atoms with Gasteiger partial charge in [0.05, 0.1) is 12.1 Å². The lowest BCUT2D eigenvalue weighted by atomic mass is 10.1. The van der Waals surface area contributed by atoms with E-state index in [9.17, 15) is 15.0 Å². The zero-order valence-electron chi connectivity index (χ0n) is 8.32. The van der Waals surface area contributed by atoms with E-state index < -0.39 is 12.1 Å². The Hall–Kier alpha value is -1.26. The Balaban J connectivity index is 3.16. The fourth-order valence-electron chi connectivity index (χ4n) is 1.13. The third-order valence-corrected chi connectivity index (χ3v) is 2.46. The van der Waals surface area contributed by atoms with E-state index in [1.54, 1.807) is 13.0 Å². The Morgan fingerprint density at radius 2 is 2.13 bits per heavy atom. The van der Waals surface area contributed by atoms with Gasteiger partial charge in [-0.2, -0.15) is 0 Å². The Morgan fingerprint density at radius 3 is 2.67 bits per heavy atom. The summed E-state index contributed by atoms with van der Waals surface area (Å²) >= 11 is 5.78. The molecule has 0 fully saturated rings. The van der Waals surface area contributed by atoms with Gasteiger partial charge in [0.15, 0.2) is 6.10 Å². The molecule has 82 valence electrons. The first kappa shape index (κ1) is 11.8. The maximum Gasteiger partial charge on any atom is 0.339 e. The van der Waals surface area contributed by atoms with Gasteiger partial charge in [-0.15, -0.1) is 0 Å². The van der Waals surface area contributed by atoms with Crippen molar-refractivity contribution >= 4 is 17.6 Å². The van der Waals surface area contributed by atoms with E-state index in [1.807, 2.05) is 0 Å². The van der Waals surface area contributed by atoms with Crippen molar-refractivity contribution in [2.75, 3.05) is 7.11 Å². The number of methoxy groups -OCH3 is 1. The minimum atomic E-state index is -1.48. The molecule has 1 unspecified atom stereocenters. The Morgan fingerprint density at radius 1 is 1.53 bits per heavy atom. The SMILES string of the molecule is COC(=O)C(O)c1ccc(C)c(O)c1Cl. The van der Waals surface area contributed by atoms with Crippen molar-refractivity contribution in [3.05, 3.63) is 28.3 Å². The van der Waals surface area contributed by atoms with E-state index in [2.05, 4.69) is 4.74 Å². The van der Waals surface area contributed by atoms with Crippen LogP contribution in [0.15, 0.2) is 12.1 Å². The molecule has 5 heteroatoms. The highest BCUT2D eigenvalue weighted by Gasteiger charge is 2.22. The summed E-state index contributed by atoms with van der Waals surface area (Å²) in [6.07, 6.45) is -1.48. The summed E-state index contributed by atoms with van der Waals surface area (Å²) in [5, 5.41) is 19.0. The van der Waals surface area contributed by atoms with Crippen molar-refractivity contribution in [1.29, 1.82) is 0 Å². The standard InChI is InChI=1S/C10H11ClO4/c1-5-3-4-6(7(11)8(5)12)9(13)10(14)15-2/h3-4,9,12-13H,1-2H3. The van der Waals surface area contributed by atoms with Crippen LogP contribution in [-0.4, -0.2) is 23.3 Å². The summed E-state index contributed by atoms with van der Waals surface area (Å²) in [4.78, 5) is 11.0. The summed E-state index contributed by atoms with van der Waals surface area (Å²) in [5.41, 5.74) is 0.701. The number of aliphatic hydroxyl groups excluding tert-OH is 1. The molecule has 0 heterocycles. The summed E-state index contributed by atoms with van der Waals surface area (Å²) in [6, 6.07) is 3.03. The molecule has 0 spiro atoms. The summed E-state index contributed by atoms with van der Waals surface area (Å²) in [7, 11) is 1.16. The molecule has 0 aliphatic carbocycles. The van der Waals surface area contributed by atoms with E-state index in [4.69, 9.17) is 11.6 Å². The first-order valence-electron chi connectivity index (χ1n) is 4.23. The number of aryl methyl sites for hydroxylation is 1. The van der Waals surface area contributed by atoms with Crippen LogP contribution in [0.3, 0.4) is 0 Å². The highest BCUT2D eigenvalue weighted by atomic mass is 35.5. The van der Waals surface area contributed by atoms with Gasteiger partial charge in [0.1, 0.15) is 5.75 Å². The summed E-state index contributed by atoms with van der Waals surface area (Å²) in [6.45, 7) is 1.66. The number of hydrogen-bond donors (Lipinski definition) is 2. The molecule has 1 aromatic rings. The van der Waals surface area contributed by atoms with Crippen molar-refractivity contribution in [3.8, 4) is 5.75 Å². The highest BCUT2D eigenvalue weighted by molar-refractivity contribution is 6.33. The molecule has 1 atom stereocenters. The Kier molecular flexibility index (Phi) is 3.55. The number of rotatable bonds is 2. The van der Waals surface area contributed by atoms with Crippen molar-refractivity contribution in [2.24, 2.45) is 0 Å². The molecule has 0 saturated heterocycles. The second-order valence-corrected chi connectivity index (χ2v) is 3.44. The zero-order chi connectivity index (χ0) is 11.6. The number of hydrogen-bond acceptors (Lipinski definition) is 4. The molecule has 1 aromatic carbocycles. The van der Waals surface area contributed by atoms with E-state index in [-0.39, 0.29) is 16.3 Å². The van der Waals surface area contributed by atoms with Crippen molar-refractivity contribution in [1.82, 2.24) is 0 Å². The van der Waals surface area contributed by atoms with Gasteiger partial charge in [0, 0.05) is 5.56 Å². The average Bonchev–Trinajstić information content (AvgIpc) is 2.24. The van der Waals surface area contributed by atoms with Gasteiger partial charge in [-0.1, -0.05) is 23.7 Å². The molecule has 0 radical (unpaired) electrons. The number of phenolic OH excluding ortho intramolecular Hbond substituents is 1. The summed E-state index contributed by atoms with van der Waals surface area (Å²) in [5.74, 6) is -0.961. The highest BCUT2D eigenvalue weighted by Crippen LogP contribution is 2.34. The lowest BCUT2D eigenvalue weighted by molar-refractivity contribution is -0.150. The number of halogens is 1. The molecule has 0 bridgehead atoms. The van der Waals surface area contributed by atoms with Gasteiger partial charge in [0.25, 0.3) is 0 Å². The Bertz CT molecular complexity index is 389. The lowest BCUT2D eigenvalue weighted by Crippen LogP contribution is -2.13. The topological polar surface area (TPSA) is 66.8 Å². The molecular weight excluding hydrogens is 220 g/mol. The monoisotopic (exact) mass is 230 g/mol. The van der Waals surface area contributed by atoms with Gasteiger partial charge >= 0.3 is 5.97 Å². The molecule has 0 aromatic heterocycles. The van der Waals surface area contributed by atoms with Crippen LogP contribution >= 0.6 is 11.6 Å². The number of phenols is 1. The third-order valence-electron chi connectivity index (χ3n) is 2.07. The quantitative estimate of drug-likeness (QED) is 0.757. The number of carbonyl (C=O) groups excluding carboxylic acids is 1. The molecular formula is C10H11ClO4. The van der Waals surface area contributed by atoms with E-state index in [0.717, 1.165) is 7.11 Å². The van der Waals surface area contributed by atoms with Crippen LogP contribution in [0, 0.1) is 6.92 Å². The van der Waals surface area contributed by atoms with Gasteiger partial charge in [-0.3, -0.25) is 0 Å². The van der Waals surface area contributed by atoms with Gasteiger partial charge in [-0.05, 0) is 12.5 Å². The van der Waals surface area contributed by atoms with Crippen LogP contribution in [0.5, 0.6) is 5.75 Å². The second-order valence-electron chi connectivity index (χ2n) is 3.06. The third kappa shape index (κ3) is 2.22. The van der Waals surface area contributed by atoms with Crippen molar-refractivity contribution < 1.29 is 19.7 Å². The average molecular weight is 231 g/mol. The van der Waals surface area contributed by atoms with E-state index >= 15 is 0 Å². The lowest BCUT2D eigenvalue weighted by Gasteiger charge is -2.12. The number of benzene rings is 1. The number of aliphatic hydroxyl groups is 1. The van der Waals surface area contributed by atoms with Crippen LogP contribution in [0.4, 0.5) is 0 Å². The smallest absolute Gasteiger partial charge is 0.339 e. The molecule has 0 aliphatic heterocycles. The number of carbonyl (C=O) groups is 1. The van der Waals surface area contributed by atoms with Crippen molar-refractivity contribution in [2.45, 2.75) is 13.0 Å². The molecule has 0 amide bonds. The first-order valence-corrected chi connectivity index (χ1v) is 4.60. The van der Waals surface area contributed by atoms with E-state index in [1.165, 1.54) is 6.07 Å². The predicted molar refractivity (Wildman–Crippen MR) is 54.8 cm³/mol. The number of esters is 1. The molecule has 2 N–H and O–H groups in total. The maximum atomic E-state index is 11.0. The molecule has 0 aliphatic rings. The Labute approximate surface area is 92.1 Å². The molecule has 15 heavy (non-hydrogen) atoms. The van der Waals surface area contributed by atoms with E-state index in [0.29, 0.717) is 5.56 Å². The van der Waals surface area contributed by atoms with Gasteiger partial charge in [-0.25, -0.2) is 4.79 Å². The van der Waals surface area contributed by atoms with Crippen molar-refractivity contribution in [3.63, 3.8) is 0 Å². The minimum Gasteiger partial charge on any atom is -0.506 e. The number of aromatic hydroxyl groups is 1. The van der Waals surface area contributed by atoms with Crippen LogP contribution < -0.4 is 0 Å². The van der Waals surface area contributed by atoms with Crippen LogP contribution in [0.2, 0.25) is 5.02 Å². The van der Waals surface area contributed by atoms with Crippen LogP contribution in [0.25, 0.3) is 0 Å². The molecule has 1 rings (SSSR count).